The third-order valence-electron chi connectivity index (χ3n) is 3.61. The van der Waals surface area contributed by atoms with E-state index in [1.165, 1.54) is 6.92 Å². The van der Waals surface area contributed by atoms with Crippen LogP contribution in [-0.4, -0.2) is 58.7 Å². The van der Waals surface area contributed by atoms with Crippen LogP contribution >= 0.6 is 0 Å². The summed E-state index contributed by atoms with van der Waals surface area (Å²) < 4.78 is 50.2. The van der Waals surface area contributed by atoms with Crippen LogP contribution in [0.3, 0.4) is 0 Å². The molecule has 0 saturated carbocycles. The Morgan fingerprint density at radius 2 is 2.24 bits per heavy atom. The molecule has 2 heterocycles. The Hall–Kier alpha value is -3.11. The van der Waals surface area contributed by atoms with E-state index >= 15 is 0 Å². The summed E-state index contributed by atoms with van der Waals surface area (Å²) in [4.78, 5) is 40.4. The van der Waals surface area contributed by atoms with E-state index < -0.39 is 55.2 Å². The SMILES string of the molecule is CC(=O)O[C@@H]1CC(n2cc(C#CCN=COC(F)(F)F)c(=O)[nH]c2=O)O[C@@H]1CO. The fourth-order valence-electron chi connectivity index (χ4n) is 2.48. The van der Waals surface area contributed by atoms with Crippen LogP contribution < -0.4 is 11.2 Å². The number of hydrogen-bond donors (Lipinski definition) is 2. The number of nitrogens with zero attached hydrogens (tertiary/aromatic N) is 2. The van der Waals surface area contributed by atoms with Gasteiger partial charge in [-0.05, 0) is 0 Å². The van der Waals surface area contributed by atoms with Gasteiger partial charge in [0.2, 0.25) is 0 Å². The monoisotopic (exact) mass is 419 g/mol. The van der Waals surface area contributed by atoms with Crippen LogP contribution in [0.5, 0.6) is 0 Å². The molecule has 1 fully saturated rings. The van der Waals surface area contributed by atoms with E-state index in [1.807, 2.05) is 4.98 Å². The molecule has 2 rings (SSSR count). The van der Waals surface area contributed by atoms with Gasteiger partial charge in [0.05, 0.1) is 6.61 Å². The molecule has 10 nitrogen and oxygen atoms in total. The first kappa shape index (κ1) is 22.2. The highest BCUT2D eigenvalue weighted by Gasteiger charge is 2.38. The second-order valence-electron chi connectivity index (χ2n) is 5.72. The molecule has 0 radical (unpaired) electrons. The number of aromatic nitrogens is 2. The summed E-state index contributed by atoms with van der Waals surface area (Å²) in [6.45, 7) is 0.330. The minimum Gasteiger partial charge on any atom is -0.460 e. The molecule has 1 aromatic rings. The van der Waals surface area contributed by atoms with Crippen molar-refractivity contribution >= 4 is 12.4 Å². The summed E-state index contributed by atoms with van der Waals surface area (Å²) in [7, 11) is 0. The van der Waals surface area contributed by atoms with Crippen LogP contribution in [0.2, 0.25) is 0 Å². The Morgan fingerprint density at radius 3 is 2.86 bits per heavy atom. The highest BCUT2D eigenvalue weighted by Crippen LogP contribution is 2.29. The smallest absolute Gasteiger partial charge is 0.460 e. The third kappa shape index (κ3) is 6.47. The van der Waals surface area contributed by atoms with Gasteiger partial charge in [0.1, 0.15) is 30.5 Å². The lowest BCUT2D eigenvalue weighted by atomic mass is 10.2. The Balaban J connectivity index is 2.16. The second-order valence-corrected chi connectivity index (χ2v) is 5.72. The van der Waals surface area contributed by atoms with Gasteiger partial charge in [0.15, 0.2) is 6.40 Å². The average molecular weight is 419 g/mol. The largest absolute Gasteiger partial charge is 0.573 e. The normalized spacial score (nSPS) is 21.6. The summed E-state index contributed by atoms with van der Waals surface area (Å²) in [5, 5.41) is 9.34. The Labute approximate surface area is 160 Å². The number of esters is 1. The quantitative estimate of drug-likeness (QED) is 0.289. The average Bonchev–Trinajstić information content (AvgIpc) is 3.00. The molecule has 3 atom stereocenters. The van der Waals surface area contributed by atoms with Crippen LogP contribution in [0.1, 0.15) is 25.1 Å². The van der Waals surface area contributed by atoms with Crippen molar-refractivity contribution in [3.05, 3.63) is 32.6 Å². The number of rotatable bonds is 5. The standard InChI is InChI=1S/C16H16F3N3O7/c1-9(24)28-11-5-13(29-12(11)7-23)22-6-10(14(25)21-15(22)26)3-2-4-20-8-27-16(17,18)19/h6,8,11-13,23H,4-5,7H2,1H3,(H,21,25,26)/t11-,12-,13?/m1/s1. The van der Waals surface area contributed by atoms with Crippen molar-refractivity contribution in [2.45, 2.75) is 38.1 Å². The van der Waals surface area contributed by atoms with Crippen molar-refractivity contribution in [3.8, 4) is 11.8 Å². The van der Waals surface area contributed by atoms with E-state index in [-0.39, 0.29) is 18.4 Å². The van der Waals surface area contributed by atoms with Crippen LogP contribution in [0, 0.1) is 11.8 Å². The molecule has 1 aromatic heterocycles. The molecule has 0 bridgehead atoms. The van der Waals surface area contributed by atoms with Gasteiger partial charge in [-0.25, -0.2) is 9.79 Å². The number of H-pyrrole nitrogens is 1. The first-order valence-electron chi connectivity index (χ1n) is 8.11. The van der Waals surface area contributed by atoms with Gasteiger partial charge in [-0.15, -0.1) is 13.2 Å². The number of alkyl halides is 3. The number of carbonyl (C=O) groups excluding carboxylic acids is 1. The number of aromatic amines is 1. The van der Waals surface area contributed by atoms with Crippen LogP contribution in [-0.2, 0) is 19.0 Å². The molecule has 2 N–H and O–H groups in total. The number of nitrogens with one attached hydrogen (secondary N) is 1. The summed E-state index contributed by atoms with van der Waals surface area (Å²) in [6, 6.07) is 0. The number of carbonyl (C=O) groups is 1. The zero-order valence-electron chi connectivity index (χ0n) is 14.9. The minimum atomic E-state index is -4.86. The van der Waals surface area contributed by atoms with E-state index in [2.05, 4.69) is 21.6 Å². The van der Waals surface area contributed by atoms with Crippen molar-refractivity contribution in [2.24, 2.45) is 4.99 Å². The zero-order chi connectivity index (χ0) is 21.6. The number of aliphatic imine (C=N–C) groups is 1. The molecular weight excluding hydrogens is 403 g/mol. The number of halogens is 3. The van der Waals surface area contributed by atoms with Crippen molar-refractivity contribution in [3.63, 3.8) is 0 Å². The summed E-state index contributed by atoms with van der Waals surface area (Å²) >= 11 is 0. The van der Waals surface area contributed by atoms with E-state index in [9.17, 15) is 32.7 Å². The second kappa shape index (κ2) is 9.39. The maximum Gasteiger partial charge on any atom is 0.573 e. The van der Waals surface area contributed by atoms with Crippen molar-refractivity contribution in [2.75, 3.05) is 13.2 Å². The van der Waals surface area contributed by atoms with Crippen LogP contribution in [0.15, 0.2) is 20.8 Å². The van der Waals surface area contributed by atoms with Crippen molar-refractivity contribution < 1.29 is 37.3 Å². The maximum absolute atomic E-state index is 12.1. The summed E-state index contributed by atoms with van der Waals surface area (Å²) in [6.07, 6.45) is -6.14. The van der Waals surface area contributed by atoms with Gasteiger partial charge < -0.3 is 19.3 Å². The van der Waals surface area contributed by atoms with E-state index in [0.717, 1.165) is 10.8 Å². The number of hydrogen-bond acceptors (Lipinski definition) is 8. The third-order valence-corrected chi connectivity index (χ3v) is 3.61. The molecule has 13 heteroatoms. The minimum absolute atomic E-state index is 0.0443. The molecule has 0 aliphatic carbocycles. The molecule has 1 unspecified atom stereocenters. The number of ether oxygens (including phenoxy) is 3. The zero-order valence-corrected chi connectivity index (χ0v) is 14.9. The maximum atomic E-state index is 12.1. The lowest BCUT2D eigenvalue weighted by Gasteiger charge is -2.15. The molecule has 0 aromatic carbocycles. The molecule has 0 amide bonds. The fourth-order valence-corrected chi connectivity index (χ4v) is 2.48. The molecule has 1 saturated heterocycles. The molecule has 29 heavy (non-hydrogen) atoms. The fraction of sp³-hybridized carbons (Fsp3) is 0.500. The van der Waals surface area contributed by atoms with E-state index in [1.54, 1.807) is 0 Å². The lowest BCUT2D eigenvalue weighted by molar-refractivity contribution is -0.280. The van der Waals surface area contributed by atoms with Gasteiger partial charge in [0, 0.05) is 19.5 Å². The first-order valence-corrected chi connectivity index (χ1v) is 8.11. The lowest BCUT2D eigenvalue weighted by Crippen LogP contribution is -2.33. The molecule has 0 spiro atoms. The van der Waals surface area contributed by atoms with Crippen molar-refractivity contribution in [1.29, 1.82) is 0 Å². The first-order chi connectivity index (χ1) is 13.6. The summed E-state index contributed by atoms with van der Waals surface area (Å²) in [5.41, 5.74) is -1.80. The van der Waals surface area contributed by atoms with Gasteiger partial charge in [-0.2, -0.15) is 0 Å². The van der Waals surface area contributed by atoms with E-state index in [0.29, 0.717) is 0 Å². The Bertz CT molecular complexity index is 942. The van der Waals surface area contributed by atoms with Crippen molar-refractivity contribution in [1.82, 2.24) is 9.55 Å². The van der Waals surface area contributed by atoms with Gasteiger partial charge >= 0.3 is 18.0 Å². The highest BCUT2D eigenvalue weighted by atomic mass is 19.4. The summed E-state index contributed by atoms with van der Waals surface area (Å²) in [5.74, 6) is 4.13. The predicted molar refractivity (Wildman–Crippen MR) is 89.9 cm³/mol. The van der Waals surface area contributed by atoms with Gasteiger partial charge in [-0.1, -0.05) is 11.8 Å². The molecule has 1 aliphatic rings. The Kier molecular flexibility index (Phi) is 7.18. The highest BCUT2D eigenvalue weighted by molar-refractivity contribution is 5.66. The van der Waals surface area contributed by atoms with Crippen LogP contribution in [0.25, 0.3) is 0 Å². The predicted octanol–water partition coefficient (Wildman–Crippen LogP) is -0.336. The van der Waals surface area contributed by atoms with Crippen LogP contribution in [0.4, 0.5) is 13.2 Å². The number of aliphatic hydroxyl groups is 1. The Morgan fingerprint density at radius 1 is 1.52 bits per heavy atom. The van der Waals surface area contributed by atoms with Gasteiger partial charge in [0.25, 0.3) is 5.56 Å². The van der Waals surface area contributed by atoms with E-state index in [4.69, 9.17) is 9.47 Å². The molecule has 1 aliphatic heterocycles. The topological polar surface area (TPSA) is 132 Å². The molecule has 158 valence electrons. The number of aliphatic hydroxyl groups excluding tert-OH is 1. The van der Waals surface area contributed by atoms with Gasteiger partial charge in [-0.3, -0.25) is 19.1 Å². The molecular formula is C16H16F3N3O7.